The fraction of sp³-hybridized carbons (Fsp3) is 0.0400. The number of rotatable bonds is 8. The van der Waals surface area contributed by atoms with Gasteiger partial charge in [-0.15, -0.1) is 0 Å². The van der Waals surface area contributed by atoms with Crippen molar-refractivity contribution < 1.29 is 9.66 Å². The first kappa shape index (κ1) is 22.9. The molecule has 35 heavy (non-hydrogen) atoms. The Bertz CT molecular complexity index is 1470. The smallest absolute Gasteiger partial charge is 0.270 e. The summed E-state index contributed by atoms with van der Waals surface area (Å²) in [6.07, 6.45) is 1.51. The number of nitro benzene ring substituents is 1. The van der Waals surface area contributed by atoms with Gasteiger partial charge in [0.05, 0.1) is 16.8 Å². The van der Waals surface area contributed by atoms with Crippen molar-refractivity contribution in [1.29, 1.82) is 5.26 Å². The largest absolute Gasteiger partial charge is 0.488 e. The van der Waals surface area contributed by atoms with Crippen molar-refractivity contribution in [2.45, 2.75) is 6.61 Å². The average Bonchev–Trinajstić information content (AvgIpc) is 2.88. The maximum absolute atomic E-state index is 12.4. The van der Waals surface area contributed by atoms with E-state index in [1.807, 2.05) is 24.3 Å². The van der Waals surface area contributed by atoms with Gasteiger partial charge in [-0.3, -0.25) is 19.9 Å². The lowest BCUT2D eigenvalue weighted by atomic mass is 10.1. The van der Waals surface area contributed by atoms with Crippen LogP contribution in [0.5, 0.6) is 5.75 Å². The summed E-state index contributed by atoms with van der Waals surface area (Å²) in [5.74, 6) is 0.621. The molecule has 4 aromatic rings. The molecular formula is C25H18N6O4. The predicted molar refractivity (Wildman–Crippen MR) is 130 cm³/mol. The van der Waals surface area contributed by atoms with Gasteiger partial charge in [-0.2, -0.15) is 10.4 Å². The van der Waals surface area contributed by atoms with Gasteiger partial charge in [0.1, 0.15) is 24.0 Å². The van der Waals surface area contributed by atoms with E-state index >= 15 is 0 Å². The van der Waals surface area contributed by atoms with E-state index in [-0.39, 0.29) is 29.5 Å². The zero-order valence-electron chi connectivity index (χ0n) is 18.2. The van der Waals surface area contributed by atoms with Gasteiger partial charge in [-0.05, 0) is 29.8 Å². The Morgan fingerprint density at radius 2 is 1.80 bits per heavy atom. The minimum absolute atomic E-state index is 0.0113. The fourth-order valence-corrected chi connectivity index (χ4v) is 3.19. The van der Waals surface area contributed by atoms with Crippen LogP contribution in [-0.2, 0) is 6.61 Å². The molecule has 0 amide bonds. The van der Waals surface area contributed by atoms with Crippen molar-refractivity contribution in [3.63, 3.8) is 0 Å². The number of benzene rings is 3. The number of hydrogen-bond acceptors (Lipinski definition) is 8. The van der Waals surface area contributed by atoms with E-state index < -0.39 is 10.5 Å². The zero-order chi connectivity index (χ0) is 24.6. The number of nitrogens with one attached hydrogen (secondary N) is 2. The van der Waals surface area contributed by atoms with Crippen molar-refractivity contribution >= 4 is 17.9 Å². The molecule has 172 valence electrons. The number of para-hydroxylation sites is 1. The van der Waals surface area contributed by atoms with E-state index in [1.165, 1.54) is 18.3 Å². The zero-order valence-corrected chi connectivity index (χ0v) is 18.2. The Morgan fingerprint density at radius 1 is 1.09 bits per heavy atom. The highest BCUT2D eigenvalue weighted by molar-refractivity contribution is 5.83. The highest BCUT2D eigenvalue weighted by atomic mass is 16.6. The molecule has 0 fully saturated rings. The average molecular weight is 466 g/mol. The topological polar surface area (TPSA) is 146 Å². The summed E-state index contributed by atoms with van der Waals surface area (Å²) in [5.41, 5.74) is 4.34. The van der Waals surface area contributed by atoms with E-state index in [4.69, 9.17) is 4.74 Å². The summed E-state index contributed by atoms with van der Waals surface area (Å²) < 4.78 is 5.85. The third-order valence-corrected chi connectivity index (χ3v) is 4.91. The Balaban J connectivity index is 1.50. The third-order valence-electron chi connectivity index (χ3n) is 4.91. The molecule has 3 aromatic carbocycles. The second-order valence-electron chi connectivity index (χ2n) is 7.24. The molecule has 0 aliphatic rings. The number of anilines is 1. The number of non-ortho nitro benzene ring substituents is 1. The number of aromatic amines is 1. The lowest BCUT2D eigenvalue weighted by molar-refractivity contribution is -0.384. The minimum atomic E-state index is -0.578. The summed E-state index contributed by atoms with van der Waals surface area (Å²) in [5, 5.41) is 24.3. The van der Waals surface area contributed by atoms with E-state index in [9.17, 15) is 20.2 Å². The maximum Gasteiger partial charge on any atom is 0.270 e. The molecule has 1 aromatic heterocycles. The normalized spacial score (nSPS) is 10.6. The molecule has 2 N–H and O–H groups in total. The van der Waals surface area contributed by atoms with Crippen molar-refractivity contribution in [2.24, 2.45) is 5.10 Å². The molecule has 0 saturated carbocycles. The number of nitrogens with zero attached hydrogens (tertiary/aromatic N) is 4. The monoisotopic (exact) mass is 466 g/mol. The molecule has 0 spiro atoms. The number of hydrogen-bond donors (Lipinski definition) is 2. The first-order chi connectivity index (χ1) is 17.0. The van der Waals surface area contributed by atoms with Crippen LogP contribution in [0.4, 0.5) is 11.6 Å². The summed E-state index contributed by atoms with van der Waals surface area (Å²) in [7, 11) is 0. The highest BCUT2D eigenvalue weighted by Crippen LogP contribution is 2.21. The Kier molecular flexibility index (Phi) is 6.89. The second-order valence-corrected chi connectivity index (χ2v) is 7.24. The van der Waals surface area contributed by atoms with Crippen molar-refractivity contribution in [3.05, 3.63) is 116 Å². The SMILES string of the molecule is N#Cc1c(-c2ccccc2)nc(NN=Cc2ccccc2OCc2ccc([N+](=O)[O-])cc2)[nH]c1=O. The molecule has 0 radical (unpaired) electrons. The van der Waals surface area contributed by atoms with E-state index in [1.54, 1.807) is 48.5 Å². The van der Waals surface area contributed by atoms with Crippen LogP contribution < -0.4 is 15.7 Å². The number of ether oxygens (including phenoxy) is 1. The van der Waals surface area contributed by atoms with Gasteiger partial charge in [0.2, 0.25) is 5.95 Å². The van der Waals surface area contributed by atoms with E-state index in [0.29, 0.717) is 16.9 Å². The quantitative estimate of drug-likeness (QED) is 0.224. The van der Waals surface area contributed by atoms with Crippen LogP contribution in [0.15, 0.2) is 88.8 Å². The maximum atomic E-state index is 12.4. The summed E-state index contributed by atoms with van der Waals surface area (Å²) in [6, 6.07) is 24.1. The minimum Gasteiger partial charge on any atom is -0.488 e. The summed E-state index contributed by atoms with van der Waals surface area (Å²) >= 11 is 0. The van der Waals surface area contributed by atoms with Gasteiger partial charge < -0.3 is 4.74 Å². The first-order valence-corrected chi connectivity index (χ1v) is 10.4. The highest BCUT2D eigenvalue weighted by Gasteiger charge is 2.13. The molecular weight excluding hydrogens is 448 g/mol. The van der Waals surface area contributed by atoms with Crippen LogP contribution in [0.2, 0.25) is 0 Å². The molecule has 0 aliphatic heterocycles. The lowest BCUT2D eigenvalue weighted by Gasteiger charge is -2.09. The van der Waals surface area contributed by atoms with Crippen molar-refractivity contribution in [3.8, 4) is 23.1 Å². The number of nitro groups is 1. The van der Waals surface area contributed by atoms with Gasteiger partial charge in [-0.1, -0.05) is 42.5 Å². The molecule has 0 unspecified atom stereocenters. The van der Waals surface area contributed by atoms with Crippen molar-refractivity contribution in [1.82, 2.24) is 9.97 Å². The third kappa shape index (κ3) is 5.55. The number of hydrazone groups is 1. The van der Waals surface area contributed by atoms with Crippen LogP contribution in [0, 0.1) is 21.4 Å². The van der Waals surface area contributed by atoms with Gasteiger partial charge >= 0.3 is 0 Å². The molecule has 0 aliphatic carbocycles. The van der Waals surface area contributed by atoms with Crippen LogP contribution in [0.3, 0.4) is 0 Å². The number of aromatic nitrogens is 2. The molecule has 0 saturated heterocycles. The van der Waals surface area contributed by atoms with Crippen LogP contribution in [0.25, 0.3) is 11.3 Å². The second kappa shape index (κ2) is 10.5. The Labute approximate surface area is 199 Å². The van der Waals surface area contributed by atoms with Gasteiger partial charge in [0.25, 0.3) is 11.2 Å². The van der Waals surface area contributed by atoms with Gasteiger partial charge in [0.15, 0.2) is 0 Å². The predicted octanol–water partition coefficient (Wildman–Crippen LogP) is 4.24. The van der Waals surface area contributed by atoms with Gasteiger partial charge in [-0.25, -0.2) is 10.4 Å². The standard InChI is InChI=1S/C25H18N6O4/c26-14-21-23(18-6-2-1-3-7-18)28-25(29-24(21)32)30-27-15-19-8-4-5-9-22(19)35-16-17-10-12-20(13-11-17)31(33)34/h1-13,15H,16H2,(H2,28,29,30,32). The molecule has 1 heterocycles. The molecule has 4 rings (SSSR count). The number of H-pyrrole nitrogens is 1. The van der Waals surface area contributed by atoms with Crippen molar-refractivity contribution in [2.75, 3.05) is 5.43 Å². The van der Waals surface area contributed by atoms with Crippen LogP contribution in [-0.4, -0.2) is 21.1 Å². The Hall–Kier alpha value is -5.30. The summed E-state index contributed by atoms with van der Waals surface area (Å²) in [4.78, 5) is 29.5. The fourth-order valence-electron chi connectivity index (χ4n) is 3.19. The molecule has 10 nitrogen and oxygen atoms in total. The van der Waals surface area contributed by atoms with Gasteiger partial charge in [0, 0.05) is 23.3 Å². The first-order valence-electron chi connectivity index (χ1n) is 10.4. The lowest BCUT2D eigenvalue weighted by Crippen LogP contribution is -2.16. The number of nitriles is 1. The Morgan fingerprint density at radius 3 is 2.51 bits per heavy atom. The van der Waals surface area contributed by atoms with Crippen LogP contribution in [0.1, 0.15) is 16.7 Å². The summed E-state index contributed by atoms with van der Waals surface area (Å²) in [6.45, 7) is 0.210. The molecule has 0 bridgehead atoms. The molecule has 0 atom stereocenters. The van der Waals surface area contributed by atoms with E-state index in [0.717, 1.165) is 5.56 Å². The van der Waals surface area contributed by atoms with E-state index in [2.05, 4.69) is 20.5 Å². The molecule has 10 heteroatoms. The van der Waals surface area contributed by atoms with Crippen LogP contribution >= 0.6 is 0 Å².